The molecule has 0 aliphatic carbocycles. The molecule has 1 saturated heterocycles. The minimum absolute atomic E-state index is 0.0132. The number of aliphatic hydroxyl groups is 1. The number of H-pyrrole nitrogens is 1. The van der Waals surface area contributed by atoms with Crippen molar-refractivity contribution in [3.63, 3.8) is 0 Å². The second-order valence-corrected chi connectivity index (χ2v) is 7.56. The number of likely N-dealkylation sites (tertiary alicyclic amines) is 1. The van der Waals surface area contributed by atoms with Gasteiger partial charge in [-0.05, 0) is 24.1 Å². The first-order valence-corrected chi connectivity index (χ1v) is 9.64. The number of para-hydroxylation sites is 1. The number of ether oxygens (including phenoxy) is 1. The molecule has 144 valence electrons. The number of aromatic nitrogens is 3. The average molecular weight is 378 g/mol. The number of pyridine rings is 1. The van der Waals surface area contributed by atoms with Gasteiger partial charge in [-0.3, -0.25) is 14.9 Å². The van der Waals surface area contributed by atoms with Crippen LogP contribution >= 0.6 is 0 Å². The Bertz CT molecular complexity index is 1030. The number of hydrogen-bond donors (Lipinski definition) is 2. The first-order chi connectivity index (χ1) is 13.7. The predicted octanol–water partition coefficient (Wildman–Crippen LogP) is 1.71. The van der Waals surface area contributed by atoms with E-state index in [4.69, 9.17) is 4.74 Å². The van der Waals surface area contributed by atoms with Crippen LogP contribution in [0.3, 0.4) is 0 Å². The van der Waals surface area contributed by atoms with Gasteiger partial charge in [-0.25, -0.2) is 0 Å². The molecule has 28 heavy (non-hydrogen) atoms. The van der Waals surface area contributed by atoms with Gasteiger partial charge >= 0.3 is 0 Å². The van der Waals surface area contributed by atoms with E-state index in [0.717, 1.165) is 34.1 Å². The molecule has 1 fully saturated rings. The van der Waals surface area contributed by atoms with Crippen LogP contribution in [0.1, 0.15) is 27.3 Å². The maximum Gasteiger partial charge on any atom is 0.274 e. The Hall–Kier alpha value is -2.77. The predicted molar refractivity (Wildman–Crippen MR) is 103 cm³/mol. The quantitative estimate of drug-likeness (QED) is 0.724. The molecule has 0 saturated carbocycles. The highest BCUT2D eigenvalue weighted by atomic mass is 16.5. The van der Waals surface area contributed by atoms with E-state index in [9.17, 15) is 9.90 Å². The Morgan fingerprint density at radius 1 is 1.29 bits per heavy atom. The van der Waals surface area contributed by atoms with Crippen molar-refractivity contribution in [1.29, 1.82) is 0 Å². The van der Waals surface area contributed by atoms with Gasteiger partial charge in [0, 0.05) is 48.3 Å². The number of nitrogens with one attached hydrogen (secondary N) is 1. The van der Waals surface area contributed by atoms with Gasteiger partial charge in [-0.15, -0.1) is 0 Å². The topological polar surface area (TPSA) is 91.3 Å². The third-order valence-corrected chi connectivity index (χ3v) is 5.81. The van der Waals surface area contributed by atoms with Crippen molar-refractivity contribution in [3.8, 4) is 0 Å². The summed E-state index contributed by atoms with van der Waals surface area (Å²) in [6.07, 6.45) is 2.70. The van der Waals surface area contributed by atoms with Crippen LogP contribution in [0.5, 0.6) is 0 Å². The largest absolute Gasteiger partial charge is 0.391 e. The summed E-state index contributed by atoms with van der Waals surface area (Å²) in [5, 5.41) is 18.9. The summed E-state index contributed by atoms with van der Waals surface area (Å²) in [5.74, 6) is -0.148. The van der Waals surface area contributed by atoms with Crippen LogP contribution < -0.4 is 0 Å². The molecule has 2 aromatic heterocycles. The minimum Gasteiger partial charge on any atom is -0.391 e. The van der Waals surface area contributed by atoms with Gasteiger partial charge in [0.1, 0.15) is 0 Å². The maximum atomic E-state index is 13.0. The normalized spacial score (nSPS) is 21.8. The molecule has 2 atom stereocenters. The zero-order valence-electron chi connectivity index (χ0n) is 15.5. The standard InChI is InChI=1S/C21H22N4O3/c26-19-11-25(21(27)20-16-12-28-8-6-18(16)23-24-20)10-14(19)9-13-5-7-22-17-4-2-1-3-15(13)17/h1-5,7,14,19,26H,6,8-12H2,(H,23,24)/t14-,19+/m1/s1. The van der Waals surface area contributed by atoms with Gasteiger partial charge in [0.15, 0.2) is 5.69 Å². The summed E-state index contributed by atoms with van der Waals surface area (Å²) < 4.78 is 5.48. The lowest BCUT2D eigenvalue weighted by atomic mass is 9.94. The number of carbonyl (C=O) groups is 1. The number of fused-ring (bicyclic) bond motifs is 2. The van der Waals surface area contributed by atoms with E-state index in [1.54, 1.807) is 11.1 Å². The summed E-state index contributed by atoms with van der Waals surface area (Å²) in [5.41, 5.74) is 4.36. The van der Waals surface area contributed by atoms with Crippen molar-refractivity contribution in [2.24, 2.45) is 5.92 Å². The first kappa shape index (κ1) is 17.3. The van der Waals surface area contributed by atoms with Crippen LogP contribution in [0.2, 0.25) is 0 Å². The number of β-amino-alcohol motifs (C(OH)–C–C–N with tert-alkyl or cyclic N) is 1. The van der Waals surface area contributed by atoms with Crippen LogP contribution in [0, 0.1) is 5.92 Å². The second kappa shape index (κ2) is 7.00. The minimum atomic E-state index is -0.554. The molecule has 7 heteroatoms. The Kier molecular flexibility index (Phi) is 4.33. The maximum absolute atomic E-state index is 13.0. The first-order valence-electron chi connectivity index (χ1n) is 9.64. The van der Waals surface area contributed by atoms with Crippen LogP contribution in [0.4, 0.5) is 0 Å². The SMILES string of the molecule is O=C(c1n[nH]c2c1COCC2)N1C[C@@H](Cc2ccnc3ccccc23)[C@@H](O)C1. The van der Waals surface area contributed by atoms with Gasteiger partial charge in [0.25, 0.3) is 5.91 Å². The molecule has 3 aromatic rings. The molecule has 2 aliphatic heterocycles. The van der Waals surface area contributed by atoms with Crippen molar-refractivity contribution in [1.82, 2.24) is 20.1 Å². The lowest BCUT2D eigenvalue weighted by Crippen LogP contribution is -2.31. The molecule has 7 nitrogen and oxygen atoms in total. The number of carbonyl (C=O) groups excluding carboxylic acids is 1. The number of benzene rings is 1. The van der Waals surface area contributed by atoms with Gasteiger partial charge < -0.3 is 14.7 Å². The lowest BCUT2D eigenvalue weighted by Gasteiger charge is -2.17. The fourth-order valence-corrected chi connectivity index (χ4v) is 4.27. The third kappa shape index (κ3) is 2.96. The fourth-order valence-electron chi connectivity index (χ4n) is 4.27. The molecule has 0 radical (unpaired) electrons. The smallest absolute Gasteiger partial charge is 0.274 e. The van der Waals surface area contributed by atoms with E-state index in [2.05, 4.69) is 21.2 Å². The van der Waals surface area contributed by atoms with Crippen molar-refractivity contribution < 1.29 is 14.6 Å². The third-order valence-electron chi connectivity index (χ3n) is 5.81. The number of aromatic amines is 1. The molecule has 1 amide bonds. The Balaban J connectivity index is 1.35. The van der Waals surface area contributed by atoms with Crippen molar-refractivity contribution >= 4 is 16.8 Å². The van der Waals surface area contributed by atoms with Crippen molar-refractivity contribution in [2.45, 2.75) is 25.6 Å². The lowest BCUT2D eigenvalue weighted by molar-refractivity contribution is 0.0745. The molecular formula is C21H22N4O3. The van der Waals surface area contributed by atoms with Gasteiger partial charge in [0.2, 0.25) is 0 Å². The van der Waals surface area contributed by atoms with Gasteiger partial charge in [-0.1, -0.05) is 18.2 Å². The number of aliphatic hydroxyl groups excluding tert-OH is 1. The van der Waals surface area contributed by atoms with Crippen LogP contribution in [0.25, 0.3) is 10.9 Å². The summed E-state index contributed by atoms with van der Waals surface area (Å²) in [6.45, 7) is 1.90. The van der Waals surface area contributed by atoms with E-state index in [0.29, 0.717) is 38.4 Å². The summed E-state index contributed by atoms with van der Waals surface area (Å²) in [6, 6.07) is 10.0. The van der Waals surface area contributed by atoms with E-state index in [1.165, 1.54) is 0 Å². The van der Waals surface area contributed by atoms with Crippen molar-refractivity contribution in [2.75, 3.05) is 19.7 Å². The molecular weight excluding hydrogens is 356 g/mol. The Morgan fingerprint density at radius 3 is 3.11 bits per heavy atom. The summed E-state index contributed by atoms with van der Waals surface area (Å²) >= 11 is 0. The summed E-state index contributed by atoms with van der Waals surface area (Å²) in [4.78, 5) is 19.1. The molecule has 0 unspecified atom stereocenters. The second-order valence-electron chi connectivity index (χ2n) is 7.56. The molecule has 0 spiro atoms. The summed E-state index contributed by atoms with van der Waals surface area (Å²) in [7, 11) is 0. The van der Waals surface area contributed by atoms with Crippen LogP contribution in [0.15, 0.2) is 36.5 Å². The van der Waals surface area contributed by atoms with E-state index in [-0.39, 0.29) is 11.8 Å². The molecule has 0 bridgehead atoms. The van der Waals surface area contributed by atoms with E-state index >= 15 is 0 Å². The number of rotatable bonds is 3. The molecule has 5 rings (SSSR count). The zero-order chi connectivity index (χ0) is 19.1. The molecule has 2 aliphatic rings. The fraction of sp³-hybridized carbons (Fsp3) is 0.381. The van der Waals surface area contributed by atoms with Crippen LogP contribution in [-0.2, 0) is 24.2 Å². The number of amides is 1. The number of hydrogen-bond acceptors (Lipinski definition) is 5. The molecule has 4 heterocycles. The monoisotopic (exact) mass is 378 g/mol. The Labute approximate surface area is 162 Å². The van der Waals surface area contributed by atoms with Gasteiger partial charge in [0.05, 0.1) is 24.8 Å². The van der Waals surface area contributed by atoms with E-state index in [1.807, 2.05) is 24.3 Å². The molecule has 1 aromatic carbocycles. The highest BCUT2D eigenvalue weighted by Gasteiger charge is 2.36. The van der Waals surface area contributed by atoms with Crippen molar-refractivity contribution in [3.05, 3.63) is 59.0 Å². The van der Waals surface area contributed by atoms with Gasteiger partial charge in [-0.2, -0.15) is 5.10 Å². The number of nitrogens with zero attached hydrogens (tertiary/aromatic N) is 3. The highest BCUT2D eigenvalue weighted by molar-refractivity contribution is 5.94. The Morgan fingerprint density at radius 2 is 2.18 bits per heavy atom. The average Bonchev–Trinajstić information content (AvgIpc) is 3.32. The zero-order valence-corrected chi connectivity index (χ0v) is 15.5. The van der Waals surface area contributed by atoms with E-state index < -0.39 is 6.10 Å². The van der Waals surface area contributed by atoms with Crippen LogP contribution in [-0.4, -0.2) is 56.9 Å². The molecule has 2 N–H and O–H groups in total. The highest BCUT2D eigenvalue weighted by Crippen LogP contribution is 2.27.